The Kier molecular flexibility index (Phi) is 4.26. The number of carbonyl (C=O) groups excluding carboxylic acids is 1. The molecule has 2 N–H and O–H groups in total. The topological polar surface area (TPSA) is 87.5 Å². The quantitative estimate of drug-likeness (QED) is 0.858. The summed E-state index contributed by atoms with van der Waals surface area (Å²) in [7, 11) is 0. The molecule has 2 amide bonds. The highest BCUT2D eigenvalue weighted by Gasteiger charge is 2.29. The molecule has 0 radical (unpaired) electrons. The van der Waals surface area contributed by atoms with Crippen LogP contribution in [-0.2, 0) is 17.9 Å². The molecule has 0 bridgehead atoms. The van der Waals surface area contributed by atoms with Gasteiger partial charge in [-0.3, -0.25) is 0 Å². The number of carboxylic acid groups (broad SMARTS) is 1. The number of carbonyl (C=O) groups is 2. The number of imidazole rings is 1. The fourth-order valence-corrected chi connectivity index (χ4v) is 2.25. The van der Waals surface area contributed by atoms with Gasteiger partial charge in [-0.2, -0.15) is 0 Å². The molecule has 0 fully saturated rings. The molecule has 2 heterocycles. The van der Waals surface area contributed by atoms with E-state index in [0.717, 1.165) is 5.82 Å². The Hall–Kier alpha value is -2.05. The van der Waals surface area contributed by atoms with Crippen LogP contribution in [0.25, 0.3) is 0 Å². The molecule has 0 saturated carbocycles. The number of aromatic nitrogens is 2. The number of rotatable bonds is 4. The van der Waals surface area contributed by atoms with Gasteiger partial charge in [-0.05, 0) is 5.92 Å². The number of hydrogen-bond acceptors (Lipinski definition) is 3. The zero-order valence-electron chi connectivity index (χ0n) is 11.7. The van der Waals surface area contributed by atoms with Crippen LogP contribution in [0.3, 0.4) is 0 Å². The number of hydrogen-bond donors (Lipinski definition) is 2. The molecular weight excluding hydrogens is 260 g/mol. The summed E-state index contributed by atoms with van der Waals surface area (Å²) in [5.74, 6) is -0.281. The minimum absolute atomic E-state index is 0.108. The van der Waals surface area contributed by atoms with Crippen LogP contribution in [0.1, 0.15) is 26.1 Å². The van der Waals surface area contributed by atoms with Gasteiger partial charge in [0.15, 0.2) is 0 Å². The molecule has 0 aliphatic carbocycles. The van der Waals surface area contributed by atoms with Gasteiger partial charge in [0.25, 0.3) is 0 Å². The molecule has 0 saturated heterocycles. The van der Waals surface area contributed by atoms with E-state index in [1.807, 2.05) is 24.6 Å². The first-order chi connectivity index (χ1) is 9.52. The summed E-state index contributed by atoms with van der Waals surface area (Å²) in [6.07, 6.45) is 4.28. The van der Waals surface area contributed by atoms with Crippen molar-refractivity contribution >= 4 is 12.0 Å². The van der Waals surface area contributed by atoms with Gasteiger partial charge in [0.1, 0.15) is 11.9 Å². The first-order valence-corrected chi connectivity index (χ1v) is 6.81. The Balaban J connectivity index is 2.00. The van der Waals surface area contributed by atoms with Crippen LogP contribution < -0.4 is 5.32 Å². The van der Waals surface area contributed by atoms with Gasteiger partial charge in [-0.15, -0.1) is 0 Å². The predicted octanol–water partition coefficient (Wildman–Crippen LogP) is 0.908. The minimum atomic E-state index is -0.994. The number of fused-ring (bicyclic) bond motifs is 1. The highest BCUT2D eigenvalue weighted by atomic mass is 16.4. The van der Waals surface area contributed by atoms with Crippen molar-refractivity contribution in [2.75, 3.05) is 6.54 Å². The highest BCUT2D eigenvalue weighted by Crippen LogP contribution is 2.12. The van der Waals surface area contributed by atoms with Crippen LogP contribution in [0.4, 0.5) is 4.79 Å². The van der Waals surface area contributed by atoms with Gasteiger partial charge in [0.2, 0.25) is 0 Å². The normalized spacial score (nSPS) is 17.2. The maximum Gasteiger partial charge on any atom is 0.326 e. The molecule has 1 aromatic heterocycles. The summed E-state index contributed by atoms with van der Waals surface area (Å²) in [6, 6.07) is -1.19. The third-order valence-electron chi connectivity index (χ3n) is 3.79. The average Bonchev–Trinajstić information content (AvgIpc) is 2.90. The lowest BCUT2D eigenvalue weighted by Gasteiger charge is -2.30. The summed E-state index contributed by atoms with van der Waals surface area (Å²) in [4.78, 5) is 29.2. The van der Waals surface area contributed by atoms with Crippen LogP contribution in [-0.4, -0.2) is 44.1 Å². The summed E-state index contributed by atoms with van der Waals surface area (Å²) < 4.78 is 1.99. The molecule has 2 atom stereocenters. The van der Waals surface area contributed by atoms with E-state index >= 15 is 0 Å². The monoisotopic (exact) mass is 280 g/mol. The molecule has 1 aromatic rings. The van der Waals surface area contributed by atoms with Crippen LogP contribution >= 0.6 is 0 Å². The second-order valence-electron chi connectivity index (χ2n) is 5.11. The molecule has 7 heteroatoms. The summed E-state index contributed by atoms with van der Waals surface area (Å²) in [5.41, 5.74) is 0. The Morgan fingerprint density at radius 2 is 2.25 bits per heavy atom. The van der Waals surface area contributed by atoms with Crippen molar-refractivity contribution in [1.82, 2.24) is 19.8 Å². The summed E-state index contributed by atoms with van der Waals surface area (Å²) in [5, 5.41) is 11.8. The zero-order valence-corrected chi connectivity index (χ0v) is 11.7. The van der Waals surface area contributed by atoms with E-state index in [2.05, 4.69) is 10.3 Å². The minimum Gasteiger partial charge on any atom is -0.480 e. The van der Waals surface area contributed by atoms with Gasteiger partial charge < -0.3 is 19.9 Å². The SMILES string of the molecule is CCC(C)[C@H](NC(=O)N1CCn2ccnc2C1)C(=O)O. The number of nitrogens with one attached hydrogen (secondary N) is 1. The molecule has 1 unspecified atom stereocenters. The Labute approximate surface area is 117 Å². The van der Waals surface area contributed by atoms with Gasteiger partial charge in [-0.1, -0.05) is 20.3 Å². The fraction of sp³-hybridized carbons (Fsp3) is 0.615. The second-order valence-corrected chi connectivity index (χ2v) is 5.11. The van der Waals surface area contributed by atoms with E-state index in [9.17, 15) is 14.7 Å². The summed E-state index contributed by atoms with van der Waals surface area (Å²) in [6.45, 7) is 5.38. The molecule has 0 spiro atoms. The Morgan fingerprint density at radius 3 is 2.90 bits per heavy atom. The van der Waals surface area contributed by atoms with E-state index in [-0.39, 0.29) is 11.9 Å². The molecule has 20 heavy (non-hydrogen) atoms. The largest absolute Gasteiger partial charge is 0.480 e. The smallest absolute Gasteiger partial charge is 0.326 e. The maximum atomic E-state index is 12.2. The van der Waals surface area contributed by atoms with E-state index in [4.69, 9.17) is 0 Å². The lowest BCUT2D eigenvalue weighted by atomic mass is 9.99. The van der Waals surface area contributed by atoms with Crippen molar-refractivity contribution in [3.63, 3.8) is 0 Å². The second kappa shape index (κ2) is 5.94. The van der Waals surface area contributed by atoms with E-state index in [1.165, 1.54) is 0 Å². The van der Waals surface area contributed by atoms with Gasteiger partial charge in [0, 0.05) is 25.5 Å². The first-order valence-electron chi connectivity index (χ1n) is 6.81. The van der Waals surface area contributed by atoms with Crippen molar-refractivity contribution in [2.45, 2.75) is 39.4 Å². The molecule has 7 nitrogen and oxygen atoms in total. The van der Waals surface area contributed by atoms with Crippen LogP contribution in [0, 0.1) is 5.92 Å². The van der Waals surface area contributed by atoms with E-state index < -0.39 is 12.0 Å². The Morgan fingerprint density at radius 1 is 1.50 bits per heavy atom. The van der Waals surface area contributed by atoms with Crippen molar-refractivity contribution < 1.29 is 14.7 Å². The number of amides is 2. The standard InChI is InChI=1S/C13H20N4O3/c1-3-9(2)11(12(18)19)15-13(20)17-7-6-16-5-4-14-10(16)8-17/h4-5,9,11H,3,6-8H2,1-2H3,(H,15,20)(H,18,19)/t9?,11-/m0/s1. The first kappa shape index (κ1) is 14.4. The maximum absolute atomic E-state index is 12.2. The van der Waals surface area contributed by atoms with E-state index in [0.29, 0.717) is 26.1 Å². The van der Waals surface area contributed by atoms with Crippen molar-refractivity contribution in [3.8, 4) is 0 Å². The third-order valence-corrected chi connectivity index (χ3v) is 3.79. The lowest BCUT2D eigenvalue weighted by molar-refractivity contribution is -0.140. The Bertz CT molecular complexity index is 500. The lowest BCUT2D eigenvalue weighted by Crippen LogP contribution is -2.52. The van der Waals surface area contributed by atoms with Crippen LogP contribution in [0.2, 0.25) is 0 Å². The number of carboxylic acids is 1. The van der Waals surface area contributed by atoms with Gasteiger partial charge >= 0.3 is 12.0 Å². The predicted molar refractivity (Wildman–Crippen MR) is 72.0 cm³/mol. The number of aliphatic carboxylic acids is 1. The highest BCUT2D eigenvalue weighted by molar-refractivity contribution is 5.82. The van der Waals surface area contributed by atoms with E-state index in [1.54, 1.807) is 11.1 Å². The molecular formula is C13H20N4O3. The van der Waals surface area contributed by atoms with Crippen LogP contribution in [0.15, 0.2) is 12.4 Å². The molecule has 0 aromatic carbocycles. The van der Waals surface area contributed by atoms with Gasteiger partial charge in [0.05, 0.1) is 6.54 Å². The average molecular weight is 280 g/mol. The van der Waals surface area contributed by atoms with Crippen molar-refractivity contribution in [2.24, 2.45) is 5.92 Å². The number of urea groups is 1. The van der Waals surface area contributed by atoms with Gasteiger partial charge in [-0.25, -0.2) is 14.6 Å². The van der Waals surface area contributed by atoms with Crippen molar-refractivity contribution in [3.05, 3.63) is 18.2 Å². The third kappa shape index (κ3) is 2.92. The van der Waals surface area contributed by atoms with Crippen LogP contribution in [0.5, 0.6) is 0 Å². The van der Waals surface area contributed by atoms with Crippen molar-refractivity contribution in [1.29, 1.82) is 0 Å². The zero-order chi connectivity index (χ0) is 14.7. The molecule has 2 rings (SSSR count). The molecule has 1 aliphatic heterocycles. The molecule has 110 valence electrons. The number of nitrogens with zero attached hydrogens (tertiary/aromatic N) is 3. The molecule has 1 aliphatic rings. The fourth-order valence-electron chi connectivity index (χ4n) is 2.25. The summed E-state index contributed by atoms with van der Waals surface area (Å²) >= 11 is 0.